The lowest BCUT2D eigenvalue weighted by molar-refractivity contribution is -0.409. The van der Waals surface area contributed by atoms with Crippen LogP contribution in [-0.4, -0.2) is 31.6 Å². The number of nitrogens with zero attached hydrogens (tertiary/aromatic N) is 1. The van der Waals surface area contributed by atoms with Crippen LogP contribution >= 0.6 is 0 Å². The molecular formula is C24H29NO4. The summed E-state index contributed by atoms with van der Waals surface area (Å²) in [6.45, 7) is 5.26. The molecule has 2 atom stereocenters. The van der Waals surface area contributed by atoms with Crippen molar-refractivity contribution in [3.05, 3.63) is 65.2 Å². The molecule has 5 nitrogen and oxygen atoms in total. The molecule has 154 valence electrons. The maximum absolute atomic E-state index is 6.09. The normalized spacial score (nSPS) is 22.1. The summed E-state index contributed by atoms with van der Waals surface area (Å²) in [5.41, 5.74) is 3.47. The smallest absolute Gasteiger partial charge is 0.199 e. The molecule has 2 heterocycles. The van der Waals surface area contributed by atoms with Crippen molar-refractivity contribution in [3.8, 4) is 5.75 Å². The zero-order valence-corrected chi connectivity index (χ0v) is 17.2. The fourth-order valence-electron chi connectivity index (χ4n) is 3.92. The van der Waals surface area contributed by atoms with E-state index in [4.69, 9.17) is 18.9 Å². The van der Waals surface area contributed by atoms with Crippen LogP contribution < -0.4 is 4.74 Å². The Hall–Kier alpha value is -2.37. The summed E-state index contributed by atoms with van der Waals surface area (Å²) in [4.78, 5) is 4.53. The average molecular weight is 395 g/mol. The van der Waals surface area contributed by atoms with Gasteiger partial charge in [0.05, 0.1) is 6.61 Å². The van der Waals surface area contributed by atoms with Crippen LogP contribution in [0.2, 0.25) is 0 Å². The van der Waals surface area contributed by atoms with Crippen LogP contribution in [0.3, 0.4) is 0 Å². The van der Waals surface area contributed by atoms with Crippen LogP contribution in [0.1, 0.15) is 55.9 Å². The van der Waals surface area contributed by atoms with Crippen molar-refractivity contribution < 1.29 is 18.9 Å². The van der Waals surface area contributed by atoms with E-state index in [0.717, 1.165) is 49.2 Å². The highest BCUT2D eigenvalue weighted by atomic mass is 16.9. The van der Waals surface area contributed by atoms with E-state index in [2.05, 4.69) is 61.3 Å². The van der Waals surface area contributed by atoms with Gasteiger partial charge in [0.2, 0.25) is 0 Å². The van der Waals surface area contributed by atoms with E-state index in [1.165, 1.54) is 12.0 Å². The second kappa shape index (κ2) is 8.97. The average Bonchev–Trinajstić information content (AvgIpc) is 3.20. The molecule has 2 aromatic rings. The van der Waals surface area contributed by atoms with Crippen molar-refractivity contribution in [2.75, 3.05) is 13.4 Å². The molecular weight excluding hydrogens is 366 g/mol. The van der Waals surface area contributed by atoms with E-state index in [1.807, 2.05) is 6.07 Å². The number of rotatable bonds is 9. The molecule has 2 aromatic carbocycles. The van der Waals surface area contributed by atoms with Gasteiger partial charge in [-0.05, 0) is 35.2 Å². The Kier molecular flexibility index (Phi) is 6.16. The number of hydrogen-bond acceptors (Lipinski definition) is 5. The van der Waals surface area contributed by atoms with Gasteiger partial charge >= 0.3 is 0 Å². The predicted molar refractivity (Wildman–Crippen MR) is 112 cm³/mol. The zero-order chi connectivity index (χ0) is 20.1. The molecule has 0 saturated carbocycles. The third-order valence-electron chi connectivity index (χ3n) is 5.67. The molecule has 0 spiro atoms. The molecule has 1 fully saturated rings. The van der Waals surface area contributed by atoms with E-state index in [9.17, 15) is 0 Å². The highest BCUT2D eigenvalue weighted by molar-refractivity contribution is 5.52. The largest absolute Gasteiger partial charge is 0.493 e. The van der Waals surface area contributed by atoms with E-state index in [0.29, 0.717) is 6.79 Å². The molecule has 2 aliphatic heterocycles. The number of hydrogen-bond donors (Lipinski definition) is 0. The van der Waals surface area contributed by atoms with Gasteiger partial charge in [-0.15, -0.1) is 0 Å². The number of unbranched alkanes of at least 4 members (excludes halogenated alkanes) is 1. The minimum absolute atomic E-state index is 0.210. The van der Waals surface area contributed by atoms with Gasteiger partial charge in [0.15, 0.2) is 25.1 Å². The topological polar surface area (TPSA) is 49.3 Å². The monoisotopic (exact) mass is 395 g/mol. The summed E-state index contributed by atoms with van der Waals surface area (Å²) in [5, 5.41) is 0. The first kappa shape index (κ1) is 19.9. The molecule has 0 aliphatic carbocycles. The van der Waals surface area contributed by atoms with Crippen molar-refractivity contribution in [1.82, 2.24) is 0 Å². The Balaban J connectivity index is 1.61. The first-order chi connectivity index (χ1) is 14.3. The van der Waals surface area contributed by atoms with Crippen LogP contribution in [0.4, 0.5) is 0 Å². The predicted octanol–water partition coefficient (Wildman–Crippen LogP) is 5.04. The summed E-state index contributed by atoms with van der Waals surface area (Å²) < 4.78 is 23.5. The lowest BCUT2D eigenvalue weighted by Gasteiger charge is -2.44. The Morgan fingerprint density at radius 3 is 2.62 bits per heavy atom. The summed E-state index contributed by atoms with van der Waals surface area (Å²) in [5.74, 6) is 0.246. The fraction of sp³-hybridized carbons (Fsp3) is 0.458. The van der Waals surface area contributed by atoms with Crippen LogP contribution in [0.25, 0.3) is 0 Å². The van der Waals surface area contributed by atoms with Crippen molar-refractivity contribution in [2.45, 2.75) is 57.5 Å². The van der Waals surface area contributed by atoms with Gasteiger partial charge in [0.1, 0.15) is 11.8 Å². The van der Waals surface area contributed by atoms with Gasteiger partial charge in [-0.2, -0.15) is 0 Å². The lowest BCUT2D eigenvalue weighted by Crippen LogP contribution is -2.55. The molecule has 0 N–H and O–H groups in total. The quantitative estimate of drug-likeness (QED) is 0.559. The standard InChI is InChI=1S/C24H29NO4/c1-3-5-13-26-21-12-11-19(15-20(21)14-18-9-7-6-8-10-18)22-23(25-16-27-22)24(4-2)28-17-29-24/h6-12,15-16,22-23H,3-5,13-14,17H2,1-2H3/t22-,23+/m1/s1. The SMILES string of the molecule is CCCCOc1ccc([C@H]2OC=N[C@@H]2C2(CC)OCO2)cc1Cc1ccccc1. The molecule has 0 bridgehead atoms. The molecule has 0 aromatic heterocycles. The molecule has 0 radical (unpaired) electrons. The minimum atomic E-state index is -0.687. The molecule has 4 rings (SSSR count). The van der Waals surface area contributed by atoms with Crippen LogP contribution in [0.15, 0.2) is 53.5 Å². The zero-order valence-electron chi connectivity index (χ0n) is 17.2. The van der Waals surface area contributed by atoms with Gasteiger partial charge in [-0.1, -0.05) is 56.7 Å². The number of ether oxygens (including phenoxy) is 4. The number of aliphatic imine (C=N–C) groups is 1. The third-order valence-corrected chi connectivity index (χ3v) is 5.67. The van der Waals surface area contributed by atoms with Crippen molar-refractivity contribution >= 4 is 6.40 Å². The van der Waals surface area contributed by atoms with E-state index >= 15 is 0 Å². The van der Waals surface area contributed by atoms with Gasteiger partial charge in [0.25, 0.3) is 0 Å². The number of benzene rings is 2. The first-order valence-corrected chi connectivity index (χ1v) is 10.5. The molecule has 2 aliphatic rings. The van der Waals surface area contributed by atoms with E-state index in [-0.39, 0.29) is 12.1 Å². The molecule has 0 amide bonds. The van der Waals surface area contributed by atoms with Gasteiger partial charge in [-0.3, -0.25) is 0 Å². The van der Waals surface area contributed by atoms with Crippen molar-refractivity contribution in [3.63, 3.8) is 0 Å². The second-order valence-electron chi connectivity index (χ2n) is 7.56. The van der Waals surface area contributed by atoms with Gasteiger partial charge in [-0.25, -0.2) is 4.99 Å². The van der Waals surface area contributed by atoms with Crippen molar-refractivity contribution in [1.29, 1.82) is 0 Å². The molecule has 29 heavy (non-hydrogen) atoms. The lowest BCUT2D eigenvalue weighted by atomic mass is 9.91. The minimum Gasteiger partial charge on any atom is -0.493 e. The summed E-state index contributed by atoms with van der Waals surface area (Å²) in [7, 11) is 0. The van der Waals surface area contributed by atoms with Gasteiger partial charge in [0, 0.05) is 12.8 Å². The van der Waals surface area contributed by atoms with Crippen LogP contribution in [-0.2, 0) is 20.6 Å². The summed E-state index contributed by atoms with van der Waals surface area (Å²) in [6, 6.07) is 16.6. The Morgan fingerprint density at radius 2 is 1.93 bits per heavy atom. The van der Waals surface area contributed by atoms with E-state index < -0.39 is 5.79 Å². The molecule has 1 saturated heterocycles. The Labute approximate surface area is 172 Å². The van der Waals surface area contributed by atoms with Crippen molar-refractivity contribution in [2.24, 2.45) is 4.99 Å². The molecule has 0 unspecified atom stereocenters. The second-order valence-corrected chi connectivity index (χ2v) is 7.56. The fourth-order valence-corrected chi connectivity index (χ4v) is 3.92. The maximum atomic E-state index is 6.09. The highest BCUT2D eigenvalue weighted by Gasteiger charge is 2.52. The summed E-state index contributed by atoms with van der Waals surface area (Å²) in [6.07, 6.45) is 4.99. The molecule has 5 heteroatoms. The third kappa shape index (κ3) is 4.16. The van der Waals surface area contributed by atoms with Crippen LogP contribution in [0.5, 0.6) is 5.75 Å². The maximum Gasteiger partial charge on any atom is 0.199 e. The highest BCUT2D eigenvalue weighted by Crippen LogP contribution is 2.42. The van der Waals surface area contributed by atoms with Gasteiger partial charge < -0.3 is 18.9 Å². The van der Waals surface area contributed by atoms with Crippen LogP contribution in [0, 0.1) is 0 Å². The first-order valence-electron chi connectivity index (χ1n) is 10.5. The Morgan fingerprint density at radius 1 is 1.10 bits per heavy atom. The van der Waals surface area contributed by atoms with E-state index in [1.54, 1.807) is 0 Å². The summed E-state index contributed by atoms with van der Waals surface area (Å²) >= 11 is 0. The Bertz CT molecular complexity index is 827.